The van der Waals surface area contributed by atoms with Gasteiger partial charge in [0.25, 0.3) is 5.91 Å². The van der Waals surface area contributed by atoms with Gasteiger partial charge in [-0.05, 0) is 24.1 Å². The lowest BCUT2D eigenvalue weighted by molar-refractivity contribution is -0.136. The van der Waals surface area contributed by atoms with Crippen molar-refractivity contribution in [3.05, 3.63) is 59.7 Å². The van der Waals surface area contributed by atoms with E-state index in [1.54, 1.807) is 0 Å². The molecule has 0 saturated heterocycles. The van der Waals surface area contributed by atoms with Crippen LogP contribution in [-0.4, -0.2) is 49.4 Å². The molecule has 29 heavy (non-hydrogen) atoms. The third-order valence-corrected chi connectivity index (χ3v) is 5.35. The summed E-state index contributed by atoms with van der Waals surface area (Å²) in [6.45, 7) is 3.60. The molecule has 1 heterocycles. The number of anilines is 2. The number of aliphatic carboxylic acids is 1. The number of amides is 1. The van der Waals surface area contributed by atoms with Crippen LogP contribution >= 0.6 is 0 Å². The molecule has 3 rings (SSSR count). The number of hydrogen-bond acceptors (Lipinski definition) is 4. The zero-order valence-corrected chi connectivity index (χ0v) is 17.3. The highest BCUT2D eigenvalue weighted by Crippen LogP contribution is 2.33. The van der Waals surface area contributed by atoms with Gasteiger partial charge in [-0.15, -0.1) is 0 Å². The number of benzodiazepines with no additional fused rings is 1. The highest BCUT2D eigenvalue weighted by atomic mass is 16.4. The van der Waals surface area contributed by atoms with Crippen LogP contribution in [0.2, 0.25) is 0 Å². The Morgan fingerprint density at radius 3 is 2.48 bits per heavy atom. The lowest BCUT2D eigenvalue weighted by atomic mass is 9.97. The lowest BCUT2D eigenvalue weighted by Crippen LogP contribution is -2.43. The van der Waals surface area contributed by atoms with E-state index in [0.29, 0.717) is 5.69 Å². The summed E-state index contributed by atoms with van der Waals surface area (Å²) in [7, 11) is 3.89. The highest BCUT2D eigenvalue weighted by Gasteiger charge is 2.35. The van der Waals surface area contributed by atoms with E-state index >= 15 is 0 Å². The Bertz CT molecular complexity index is 938. The molecule has 1 aliphatic rings. The molecule has 1 N–H and O–H groups in total. The van der Waals surface area contributed by atoms with Gasteiger partial charge in [-0.25, -0.2) is 0 Å². The number of nitrogens with zero attached hydrogens (tertiary/aromatic N) is 3. The fourth-order valence-electron chi connectivity index (χ4n) is 3.49. The summed E-state index contributed by atoms with van der Waals surface area (Å²) in [5, 5.41) is 9.47. The number of carbonyl (C=O) groups is 2. The first-order chi connectivity index (χ1) is 13.8. The Balaban J connectivity index is 2.30. The van der Waals surface area contributed by atoms with Crippen LogP contribution < -0.4 is 9.80 Å². The third-order valence-electron chi connectivity index (χ3n) is 5.35. The smallest absolute Gasteiger partial charge is 0.323 e. The predicted molar refractivity (Wildman–Crippen MR) is 116 cm³/mol. The fourth-order valence-corrected chi connectivity index (χ4v) is 3.49. The number of aliphatic imine (C=N–C) groups is 1. The molecule has 0 aromatic heterocycles. The van der Waals surface area contributed by atoms with Gasteiger partial charge in [0.15, 0.2) is 0 Å². The monoisotopic (exact) mass is 393 g/mol. The molecule has 6 heteroatoms. The van der Waals surface area contributed by atoms with Gasteiger partial charge in [0.05, 0.1) is 11.4 Å². The molecule has 0 radical (unpaired) electrons. The summed E-state index contributed by atoms with van der Waals surface area (Å²) in [6, 6.07) is 14.8. The first-order valence-electron chi connectivity index (χ1n) is 9.81. The summed E-state index contributed by atoms with van der Waals surface area (Å²) in [6.07, 6.45) is 0.766. The largest absolute Gasteiger partial charge is 0.480 e. The van der Waals surface area contributed by atoms with E-state index in [1.807, 2.05) is 81.4 Å². The molecule has 1 amide bonds. The lowest BCUT2D eigenvalue weighted by Gasteiger charge is -2.26. The Kier molecular flexibility index (Phi) is 6.01. The summed E-state index contributed by atoms with van der Waals surface area (Å²) >= 11 is 0. The molecule has 0 fully saturated rings. The molecular formula is C23H27N3O3. The van der Waals surface area contributed by atoms with Crippen LogP contribution in [0.4, 0.5) is 11.4 Å². The minimum atomic E-state index is -1.05. The van der Waals surface area contributed by atoms with Gasteiger partial charge >= 0.3 is 5.97 Å². The van der Waals surface area contributed by atoms with E-state index < -0.39 is 18.6 Å². The average Bonchev–Trinajstić information content (AvgIpc) is 2.83. The molecule has 0 spiro atoms. The molecule has 2 aromatic carbocycles. The molecule has 0 bridgehead atoms. The van der Waals surface area contributed by atoms with Crippen LogP contribution in [0.3, 0.4) is 0 Å². The first-order valence-corrected chi connectivity index (χ1v) is 9.81. The number of hydrogen-bond donors (Lipinski definition) is 1. The van der Waals surface area contributed by atoms with Crippen molar-refractivity contribution in [2.24, 2.45) is 10.9 Å². The normalized spacial score (nSPS) is 17.2. The Morgan fingerprint density at radius 1 is 1.21 bits per heavy atom. The third kappa shape index (κ3) is 4.16. The van der Waals surface area contributed by atoms with E-state index in [1.165, 1.54) is 4.90 Å². The van der Waals surface area contributed by atoms with Gasteiger partial charge in [-0.2, -0.15) is 0 Å². The fraction of sp³-hybridized carbons (Fsp3) is 0.348. The van der Waals surface area contributed by atoms with Crippen molar-refractivity contribution in [2.75, 3.05) is 30.4 Å². The number of benzene rings is 2. The topological polar surface area (TPSA) is 73.2 Å². The van der Waals surface area contributed by atoms with Crippen LogP contribution in [0.15, 0.2) is 53.5 Å². The van der Waals surface area contributed by atoms with Gasteiger partial charge in [0, 0.05) is 30.9 Å². The van der Waals surface area contributed by atoms with Gasteiger partial charge in [-0.1, -0.05) is 50.6 Å². The maximum Gasteiger partial charge on any atom is 0.323 e. The van der Waals surface area contributed by atoms with Crippen molar-refractivity contribution in [2.45, 2.75) is 26.3 Å². The van der Waals surface area contributed by atoms with Crippen molar-refractivity contribution in [3.8, 4) is 0 Å². The summed E-state index contributed by atoms with van der Waals surface area (Å²) in [4.78, 5) is 33.2. The molecule has 0 saturated carbocycles. The first kappa shape index (κ1) is 20.6. The van der Waals surface area contributed by atoms with Crippen molar-refractivity contribution >= 4 is 29.0 Å². The predicted octanol–water partition coefficient (Wildman–Crippen LogP) is 3.44. The summed E-state index contributed by atoms with van der Waals surface area (Å²) in [5.41, 5.74) is 3.93. The maximum atomic E-state index is 13.4. The Labute approximate surface area is 171 Å². The van der Waals surface area contributed by atoms with E-state index in [2.05, 4.69) is 0 Å². The van der Waals surface area contributed by atoms with E-state index in [-0.39, 0.29) is 11.8 Å². The van der Waals surface area contributed by atoms with Crippen molar-refractivity contribution < 1.29 is 14.7 Å². The summed E-state index contributed by atoms with van der Waals surface area (Å²) < 4.78 is 0. The maximum absolute atomic E-state index is 13.4. The number of carbonyl (C=O) groups excluding carboxylic acids is 1. The molecule has 1 aliphatic heterocycles. The number of rotatable bonds is 6. The second kappa shape index (κ2) is 8.47. The second-order valence-corrected chi connectivity index (χ2v) is 7.59. The van der Waals surface area contributed by atoms with Crippen LogP contribution in [0.25, 0.3) is 0 Å². The zero-order valence-electron chi connectivity index (χ0n) is 17.3. The molecule has 2 atom stereocenters. The average molecular weight is 393 g/mol. The van der Waals surface area contributed by atoms with Gasteiger partial charge < -0.3 is 10.0 Å². The standard InChI is InChI=1S/C23H27N3O3/c1-5-15(2)21-23(29)26(14-20(27)28)19-12-11-17(25(3)4)13-18(19)22(24-21)16-9-7-6-8-10-16/h6-13,15,21H,5,14H2,1-4H3,(H,27,28)/t15-,21?/m0/s1. The molecule has 1 unspecified atom stereocenters. The quantitative estimate of drug-likeness (QED) is 0.816. The number of carboxylic acid groups (broad SMARTS) is 1. The molecule has 6 nitrogen and oxygen atoms in total. The van der Waals surface area contributed by atoms with E-state index in [4.69, 9.17) is 4.99 Å². The van der Waals surface area contributed by atoms with Crippen LogP contribution in [0.1, 0.15) is 31.4 Å². The van der Waals surface area contributed by atoms with E-state index in [0.717, 1.165) is 28.9 Å². The Hall–Kier alpha value is -3.15. The minimum Gasteiger partial charge on any atom is -0.480 e. The number of fused-ring (bicyclic) bond motifs is 1. The molecule has 2 aromatic rings. The van der Waals surface area contributed by atoms with Crippen molar-refractivity contribution in [3.63, 3.8) is 0 Å². The number of carboxylic acids is 1. The van der Waals surface area contributed by atoms with Gasteiger partial charge in [0.1, 0.15) is 12.6 Å². The summed E-state index contributed by atoms with van der Waals surface area (Å²) in [5.74, 6) is -1.33. The van der Waals surface area contributed by atoms with Crippen LogP contribution in [0.5, 0.6) is 0 Å². The van der Waals surface area contributed by atoms with Gasteiger partial charge in [-0.3, -0.25) is 19.5 Å². The SMILES string of the molecule is CC[C@H](C)C1N=C(c2ccccc2)c2cc(N(C)C)ccc2N(CC(=O)O)C1=O. The van der Waals surface area contributed by atoms with Crippen LogP contribution in [0, 0.1) is 5.92 Å². The second-order valence-electron chi connectivity index (χ2n) is 7.59. The minimum absolute atomic E-state index is 0.0138. The zero-order chi connectivity index (χ0) is 21.1. The molecule has 0 aliphatic carbocycles. The van der Waals surface area contributed by atoms with Crippen molar-refractivity contribution in [1.29, 1.82) is 0 Å². The van der Waals surface area contributed by atoms with Crippen LogP contribution in [-0.2, 0) is 9.59 Å². The van der Waals surface area contributed by atoms with Gasteiger partial charge in [0.2, 0.25) is 0 Å². The van der Waals surface area contributed by atoms with Crippen molar-refractivity contribution in [1.82, 2.24) is 0 Å². The highest BCUT2D eigenvalue weighted by molar-refractivity contribution is 6.21. The van der Waals surface area contributed by atoms with E-state index in [9.17, 15) is 14.7 Å². The Morgan fingerprint density at radius 2 is 1.90 bits per heavy atom. The molecule has 152 valence electrons. The molecular weight excluding hydrogens is 366 g/mol.